The number of aromatic amines is 1. The molecule has 3 aromatic rings. The van der Waals surface area contributed by atoms with Crippen molar-refractivity contribution in [3.63, 3.8) is 0 Å². The monoisotopic (exact) mass is 280 g/mol. The number of hydrogen-bond acceptors (Lipinski definition) is 4. The summed E-state index contributed by atoms with van der Waals surface area (Å²) in [7, 11) is 0. The second-order valence-electron chi connectivity index (χ2n) is 5.17. The van der Waals surface area contributed by atoms with E-state index in [1.807, 2.05) is 10.9 Å². The van der Waals surface area contributed by atoms with Crippen LogP contribution in [0.5, 0.6) is 0 Å². The van der Waals surface area contributed by atoms with Gasteiger partial charge in [-0.2, -0.15) is 0 Å². The quantitative estimate of drug-likeness (QED) is 0.790. The molecule has 2 aromatic heterocycles. The molecule has 6 heteroatoms. The largest absolute Gasteiger partial charge is 0.369 e. The SMILES string of the molecule is c1ccc2c(c1)CCN2CCn1cc(-c2ncc[nH]2)nn1. The van der Waals surface area contributed by atoms with Crippen molar-refractivity contribution in [2.75, 3.05) is 18.0 Å². The molecule has 3 heterocycles. The van der Waals surface area contributed by atoms with Gasteiger partial charge in [0.1, 0.15) is 5.69 Å². The van der Waals surface area contributed by atoms with E-state index in [1.165, 1.54) is 11.3 Å². The molecule has 1 aliphatic rings. The van der Waals surface area contributed by atoms with Crippen LogP contribution in [-0.2, 0) is 13.0 Å². The fraction of sp³-hybridized carbons (Fsp3) is 0.267. The van der Waals surface area contributed by atoms with E-state index in [0.717, 1.165) is 37.6 Å². The van der Waals surface area contributed by atoms with Gasteiger partial charge in [-0.3, -0.25) is 4.68 Å². The summed E-state index contributed by atoms with van der Waals surface area (Å²) in [6.07, 6.45) is 6.57. The maximum Gasteiger partial charge on any atom is 0.159 e. The number of H-pyrrole nitrogens is 1. The maximum atomic E-state index is 4.19. The molecule has 0 aliphatic carbocycles. The van der Waals surface area contributed by atoms with Crippen LogP contribution in [0.1, 0.15) is 5.56 Å². The van der Waals surface area contributed by atoms with Gasteiger partial charge in [0.05, 0.1) is 12.7 Å². The van der Waals surface area contributed by atoms with Gasteiger partial charge in [-0.05, 0) is 18.1 Å². The van der Waals surface area contributed by atoms with Crippen molar-refractivity contribution in [1.82, 2.24) is 25.0 Å². The van der Waals surface area contributed by atoms with Gasteiger partial charge in [-0.25, -0.2) is 4.98 Å². The molecule has 21 heavy (non-hydrogen) atoms. The van der Waals surface area contributed by atoms with Crippen LogP contribution in [0.2, 0.25) is 0 Å². The summed E-state index contributed by atoms with van der Waals surface area (Å²) >= 11 is 0. The highest BCUT2D eigenvalue weighted by Crippen LogP contribution is 2.26. The van der Waals surface area contributed by atoms with E-state index in [2.05, 4.69) is 49.4 Å². The molecule has 1 aliphatic heterocycles. The molecule has 0 atom stereocenters. The molecule has 0 bridgehead atoms. The molecule has 0 radical (unpaired) electrons. The Bertz CT molecular complexity index is 730. The Morgan fingerprint density at radius 1 is 1.19 bits per heavy atom. The van der Waals surface area contributed by atoms with Gasteiger partial charge in [0, 0.05) is 31.2 Å². The molecule has 0 saturated carbocycles. The molecule has 0 spiro atoms. The van der Waals surface area contributed by atoms with E-state index >= 15 is 0 Å². The number of anilines is 1. The average molecular weight is 280 g/mol. The second-order valence-corrected chi connectivity index (χ2v) is 5.17. The Kier molecular flexibility index (Phi) is 2.92. The highest BCUT2D eigenvalue weighted by Gasteiger charge is 2.18. The zero-order chi connectivity index (χ0) is 14.1. The number of benzene rings is 1. The van der Waals surface area contributed by atoms with Crippen molar-refractivity contribution in [3.05, 3.63) is 48.4 Å². The van der Waals surface area contributed by atoms with Gasteiger partial charge < -0.3 is 9.88 Å². The average Bonchev–Trinajstić information content (AvgIpc) is 3.25. The first-order valence-corrected chi connectivity index (χ1v) is 7.13. The van der Waals surface area contributed by atoms with E-state index in [9.17, 15) is 0 Å². The van der Waals surface area contributed by atoms with Gasteiger partial charge in [-0.1, -0.05) is 23.4 Å². The Hall–Kier alpha value is -2.63. The third-order valence-corrected chi connectivity index (χ3v) is 3.86. The lowest BCUT2D eigenvalue weighted by Gasteiger charge is -2.18. The first-order valence-electron chi connectivity index (χ1n) is 7.13. The predicted octanol–water partition coefficient (Wildman–Crippen LogP) is 1.73. The molecule has 106 valence electrons. The van der Waals surface area contributed by atoms with E-state index < -0.39 is 0 Å². The van der Waals surface area contributed by atoms with Crippen molar-refractivity contribution in [1.29, 1.82) is 0 Å². The molecule has 4 rings (SSSR count). The van der Waals surface area contributed by atoms with Crippen LogP contribution >= 0.6 is 0 Å². The van der Waals surface area contributed by atoms with Crippen molar-refractivity contribution >= 4 is 5.69 Å². The first-order chi connectivity index (χ1) is 10.4. The van der Waals surface area contributed by atoms with Gasteiger partial charge in [0.15, 0.2) is 5.82 Å². The number of para-hydroxylation sites is 1. The number of rotatable bonds is 4. The molecule has 1 aromatic carbocycles. The van der Waals surface area contributed by atoms with E-state index in [-0.39, 0.29) is 0 Å². The first kappa shape index (κ1) is 12.1. The Balaban J connectivity index is 1.44. The summed E-state index contributed by atoms with van der Waals surface area (Å²) in [5.41, 5.74) is 3.57. The van der Waals surface area contributed by atoms with Gasteiger partial charge in [0.2, 0.25) is 0 Å². The summed E-state index contributed by atoms with van der Waals surface area (Å²) < 4.78 is 1.87. The maximum absolute atomic E-state index is 4.19. The molecular weight excluding hydrogens is 264 g/mol. The van der Waals surface area contributed by atoms with E-state index in [1.54, 1.807) is 12.4 Å². The summed E-state index contributed by atoms with van der Waals surface area (Å²) in [4.78, 5) is 9.63. The topological polar surface area (TPSA) is 62.6 Å². The summed E-state index contributed by atoms with van der Waals surface area (Å²) in [5.74, 6) is 0.757. The van der Waals surface area contributed by atoms with Crippen LogP contribution in [0.15, 0.2) is 42.9 Å². The normalized spacial score (nSPS) is 13.6. The smallest absolute Gasteiger partial charge is 0.159 e. The molecule has 0 fully saturated rings. The minimum atomic E-state index is 0.757. The standard InChI is InChI=1S/C15H16N6/c1-2-4-14-12(3-1)5-8-20(14)9-10-21-11-13(18-19-21)15-16-6-7-17-15/h1-4,6-7,11H,5,8-10H2,(H,16,17). The lowest BCUT2D eigenvalue weighted by Crippen LogP contribution is -2.25. The lowest BCUT2D eigenvalue weighted by atomic mass is 10.2. The second kappa shape index (κ2) is 5.05. The molecule has 0 unspecified atom stereocenters. The minimum Gasteiger partial charge on any atom is -0.369 e. The Morgan fingerprint density at radius 2 is 2.14 bits per heavy atom. The van der Waals surface area contributed by atoms with E-state index in [0.29, 0.717) is 0 Å². The number of imidazole rings is 1. The fourth-order valence-corrected chi connectivity index (χ4v) is 2.78. The molecule has 1 N–H and O–H groups in total. The highest BCUT2D eigenvalue weighted by atomic mass is 15.4. The number of nitrogens with one attached hydrogen (secondary N) is 1. The Labute approximate surface area is 122 Å². The third kappa shape index (κ3) is 2.29. The third-order valence-electron chi connectivity index (χ3n) is 3.86. The van der Waals surface area contributed by atoms with Crippen molar-refractivity contribution in [2.24, 2.45) is 0 Å². The number of hydrogen-bond donors (Lipinski definition) is 1. The van der Waals surface area contributed by atoms with Crippen molar-refractivity contribution in [3.8, 4) is 11.5 Å². The summed E-state index contributed by atoms with van der Waals surface area (Å²) in [6, 6.07) is 8.61. The van der Waals surface area contributed by atoms with Crippen LogP contribution in [0, 0.1) is 0 Å². The zero-order valence-corrected chi connectivity index (χ0v) is 11.6. The van der Waals surface area contributed by atoms with Crippen molar-refractivity contribution in [2.45, 2.75) is 13.0 Å². The predicted molar refractivity (Wildman–Crippen MR) is 80.0 cm³/mol. The number of fused-ring (bicyclic) bond motifs is 1. The van der Waals surface area contributed by atoms with Crippen LogP contribution in [0.25, 0.3) is 11.5 Å². The van der Waals surface area contributed by atoms with Crippen LogP contribution < -0.4 is 4.90 Å². The summed E-state index contributed by atoms with van der Waals surface area (Å²) in [6.45, 7) is 2.85. The zero-order valence-electron chi connectivity index (χ0n) is 11.6. The molecule has 6 nitrogen and oxygen atoms in total. The van der Waals surface area contributed by atoms with Crippen molar-refractivity contribution < 1.29 is 0 Å². The number of aromatic nitrogens is 5. The van der Waals surface area contributed by atoms with E-state index in [4.69, 9.17) is 0 Å². The molecule has 0 saturated heterocycles. The van der Waals surface area contributed by atoms with Gasteiger partial charge in [0.25, 0.3) is 0 Å². The van der Waals surface area contributed by atoms with Crippen LogP contribution in [0.3, 0.4) is 0 Å². The van der Waals surface area contributed by atoms with Gasteiger partial charge in [-0.15, -0.1) is 5.10 Å². The lowest BCUT2D eigenvalue weighted by molar-refractivity contribution is 0.580. The highest BCUT2D eigenvalue weighted by molar-refractivity contribution is 5.57. The fourth-order valence-electron chi connectivity index (χ4n) is 2.78. The van der Waals surface area contributed by atoms with Crippen LogP contribution in [-0.4, -0.2) is 38.1 Å². The minimum absolute atomic E-state index is 0.757. The van der Waals surface area contributed by atoms with Gasteiger partial charge >= 0.3 is 0 Å². The number of nitrogens with zero attached hydrogens (tertiary/aromatic N) is 5. The summed E-state index contributed by atoms with van der Waals surface area (Å²) in [5, 5.41) is 8.32. The molecular formula is C15H16N6. The van der Waals surface area contributed by atoms with Crippen LogP contribution in [0.4, 0.5) is 5.69 Å². The molecule has 0 amide bonds. The Morgan fingerprint density at radius 3 is 3.05 bits per heavy atom.